The van der Waals surface area contributed by atoms with Gasteiger partial charge < -0.3 is 4.42 Å². The standard InChI is InChI=1S/C9H13BrO/c1-9(2,7-10)5-8-3-4-11-6-8/h3-4,6H,5,7H2,1-2H3. The summed E-state index contributed by atoms with van der Waals surface area (Å²) < 4.78 is 4.99. The Morgan fingerprint density at radius 2 is 2.27 bits per heavy atom. The molecule has 1 rings (SSSR count). The van der Waals surface area contributed by atoms with E-state index in [0.29, 0.717) is 5.41 Å². The number of alkyl halides is 1. The molecule has 0 radical (unpaired) electrons. The van der Waals surface area contributed by atoms with Gasteiger partial charge in [0.1, 0.15) is 0 Å². The van der Waals surface area contributed by atoms with Gasteiger partial charge in [-0.3, -0.25) is 0 Å². The Labute approximate surface area is 75.9 Å². The van der Waals surface area contributed by atoms with E-state index in [1.807, 2.05) is 12.3 Å². The number of rotatable bonds is 3. The Balaban J connectivity index is 2.56. The Morgan fingerprint density at radius 1 is 1.55 bits per heavy atom. The van der Waals surface area contributed by atoms with E-state index in [1.54, 1.807) is 6.26 Å². The van der Waals surface area contributed by atoms with E-state index in [2.05, 4.69) is 29.8 Å². The summed E-state index contributed by atoms with van der Waals surface area (Å²) in [4.78, 5) is 0. The summed E-state index contributed by atoms with van der Waals surface area (Å²) in [6.07, 6.45) is 4.60. The molecule has 2 heteroatoms. The van der Waals surface area contributed by atoms with Crippen LogP contribution in [-0.2, 0) is 6.42 Å². The lowest BCUT2D eigenvalue weighted by Gasteiger charge is -2.19. The molecule has 0 aliphatic heterocycles. The molecule has 1 aromatic rings. The molecule has 0 bridgehead atoms. The average molecular weight is 217 g/mol. The monoisotopic (exact) mass is 216 g/mol. The number of furan rings is 1. The number of hydrogen-bond donors (Lipinski definition) is 0. The second kappa shape index (κ2) is 3.44. The molecule has 0 unspecified atom stereocenters. The maximum absolute atomic E-state index is 4.99. The summed E-state index contributed by atoms with van der Waals surface area (Å²) in [5.74, 6) is 0. The Bertz CT molecular complexity index is 201. The van der Waals surface area contributed by atoms with Gasteiger partial charge in [-0.15, -0.1) is 0 Å². The normalized spacial score (nSPS) is 11.9. The lowest BCUT2D eigenvalue weighted by Crippen LogP contribution is -2.15. The van der Waals surface area contributed by atoms with Crippen LogP contribution in [0.3, 0.4) is 0 Å². The Hall–Kier alpha value is -0.240. The first kappa shape index (κ1) is 8.85. The molecule has 0 saturated heterocycles. The molecule has 11 heavy (non-hydrogen) atoms. The summed E-state index contributed by atoms with van der Waals surface area (Å²) in [6, 6.07) is 2.02. The minimum atomic E-state index is 0.323. The molecule has 0 aliphatic carbocycles. The van der Waals surface area contributed by atoms with Crippen LogP contribution in [0, 0.1) is 5.41 Å². The minimum Gasteiger partial charge on any atom is -0.472 e. The maximum atomic E-state index is 4.99. The molecule has 1 aromatic heterocycles. The van der Waals surface area contributed by atoms with Crippen LogP contribution in [0.1, 0.15) is 19.4 Å². The third kappa shape index (κ3) is 2.70. The van der Waals surface area contributed by atoms with Crippen molar-refractivity contribution in [3.63, 3.8) is 0 Å². The van der Waals surface area contributed by atoms with Gasteiger partial charge in [0.25, 0.3) is 0 Å². The van der Waals surface area contributed by atoms with Gasteiger partial charge in [-0.05, 0) is 23.5 Å². The van der Waals surface area contributed by atoms with Crippen LogP contribution in [-0.4, -0.2) is 5.33 Å². The van der Waals surface area contributed by atoms with Crippen LogP contribution < -0.4 is 0 Å². The third-order valence-electron chi connectivity index (χ3n) is 1.62. The van der Waals surface area contributed by atoms with Crippen molar-refractivity contribution in [1.29, 1.82) is 0 Å². The van der Waals surface area contributed by atoms with Crippen LogP contribution in [0.2, 0.25) is 0 Å². The van der Waals surface area contributed by atoms with Crippen molar-refractivity contribution in [1.82, 2.24) is 0 Å². The van der Waals surface area contributed by atoms with E-state index in [4.69, 9.17) is 4.42 Å². The summed E-state index contributed by atoms with van der Waals surface area (Å²) in [7, 11) is 0. The zero-order chi connectivity index (χ0) is 8.32. The molecule has 0 amide bonds. The van der Waals surface area contributed by atoms with Gasteiger partial charge in [-0.1, -0.05) is 29.8 Å². The van der Waals surface area contributed by atoms with Gasteiger partial charge in [0.2, 0.25) is 0 Å². The fourth-order valence-electron chi connectivity index (χ4n) is 0.993. The first-order valence-corrected chi connectivity index (χ1v) is 4.83. The summed E-state index contributed by atoms with van der Waals surface area (Å²) in [5.41, 5.74) is 1.60. The fraction of sp³-hybridized carbons (Fsp3) is 0.556. The van der Waals surface area contributed by atoms with Gasteiger partial charge in [0.15, 0.2) is 0 Å². The molecule has 0 spiro atoms. The molecule has 0 aromatic carbocycles. The van der Waals surface area contributed by atoms with Crippen LogP contribution in [0.25, 0.3) is 0 Å². The molecule has 0 aliphatic rings. The molecule has 62 valence electrons. The zero-order valence-corrected chi connectivity index (χ0v) is 8.52. The maximum Gasteiger partial charge on any atom is 0.0934 e. The van der Waals surface area contributed by atoms with E-state index >= 15 is 0 Å². The third-order valence-corrected chi connectivity index (χ3v) is 3.14. The van der Waals surface area contributed by atoms with Gasteiger partial charge in [0.05, 0.1) is 12.5 Å². The molecule has 0 saturated carbocycles. The van der Waals surface area contributed by atoms with E-state index in [9.17, 15) is 0 Å². The highest BCUT2D eigenvalue weighted by Crippen LogP contribution is 2.23. The fourth-order valence-corrected chi connectivity index (χ4v) is 1.19. The van der Waals surface area contributed by atoms with E-state index in [1.165, 1.54) is 5.56 Å². The van der Waals surface area contributed by atoms with Gasteiger partial charge in [0, 0.05) is 5.33 Å². The van der Waals surface area contributed by atoms with Crippen LogP contribution in [0.15, 0.2) is 23.0 Å². The first-order chi connectivity index (χ1) is 5.14. The molecule has 1 nitrogen and oxygen atoms in total. The quantitative estimate of drug-likeness (QED) is 0.708. The molecular weight excluding hydrogens is 204 g/mol. The Kier molecular flexibility index (Phi) is 2.77. The van der Waals surface area contributed by atoms with Gasteiger partial charge in [-0.2, -0.15) is 0 Å². The van der Waals surface area contributed by atoms with Crippen molar-refractivity contribution < 1.29 is 4.42 Å². The van der Waals surface area contributed by atoms with Crippen LogP contribution >= 0.6 is 15.9 Å². The van der Waals surface area contributed by atoms with Crippen molar-refractivity contribution in [3.8, 4) is 0 Å². The molecule has 0 N–H and O–H groups in total. The number of hydrogen-bond acceptors (Lipinski definition) is 1. The number of halogens is 1. The van der Waals surface area contributed by atoms with E-state index < -0.39 is 0 Å². The van der Waals surface area contributed by atoms with Gasteiger partial charge in [-0.25, -0.2) is 0 Å². The summed E-state index contributed by atoms with van der Waals surface area (Å²) in [6.45, 7) is 4.46. The van der Waals surface area contributed by atoms with E-state index in [-0.39, 0.29) is 0 Å². The minimum absolute atomic E-state index is 0.323. The van der Waals surface area contributed by atoms with Crippen molar-refractivity contribution in [2.75, 3.05) is 5.33 Å². The van der Waals surface area contributed by atoms with Gasteiger partial charge >= 0.3 is 0 Å². The highest BCUT2D eigenvalue weighted by atomic mass is 79.9. The van der Waals surface area contributed by atoms with Crippen molar-refractivity contribution in [2.24, 2.45) is 5.41 Å². The van der Waals surface area contributed by atoms with Crippen LogP contribution in [0.4, 0.5) is 0 Å². The summed E-state index contributed by atoms with van der Waals surface area (Å²) in [5, 5.41) is 1.02. The van der Waals surface area contributed by atoms with Crippen molar-refractivity contribution >= 4 is 15.9 Å². The predicted octanol–water partition coefficient (Wildman–Crippen LogP) is 3.24. The van der Waals surface area contributed by atoms with Crippen molar-refractivity contribution in [2.45, 2.75) is 20.3 Å². The van der Waals surface area contributed by atoms with Crippen molar-refractivity contribution in [3.05, 3.63) is 24.2 Å². The average Bonchev–Trinajstić information content (AvgIpc) is 2.39. The lowest BCUT2D eigenvalue weighted by atomic mass is 9.89. The smallest absolute Gasteiger partial charge is 0.0934 e. The Morgan fingerprint density at radius 3 is 2.73 bits per heavy atom. The molecule has 0 fully saturated rings. The lowest BCUT2D eigenvalue weighted by molar-refractivity contribution is 0.422. The second-order valence-electron chi connectivity index (χ2n) is 3.61. The topological polar surface area (TPSA) is 13.1 Å². The predicted molar refractivity (Wildman–Crippen MR) is 50.0 cm³/mol. The molecule has 1 heterocycles. The molecule has 0 atom stereocenters. The van der Waals surface area contributed by atoms with E-state index in [0.717, 1.165) is 11.8 Å². The SMILES string of the molecule is CC(C)(CBr)Cc1ccoc1. The highest BCUT2D eigenvalue weighted by Gasteiger charge is 2.16. The highest BCUT2D eigenvalue weighted by molar-refractivity contribution is 9.09. The second-order valence-corrected chi connectivity index (χ2v) is 4.17. The van der Waals surface area contributed by atoms with Crippen LogP contribution in [0.5, 0.6) is 0 Å². The zero-order valence-electron chi connectivity index (χ0n) is 6.93. The largest absolute Gasteiger partial charge is 0.472 e. The molecular formula is C9H13BrO. The summed E-state index contributed by atoms with van der Waals surface area (Å²) >= 11 is 3.49. The first-order valence-electron chi connectivity index (χ1n) is 3.71.